The maximum atomic E-state index is 13.2. The molecule has 0 unspecified atom stereocenters. The molecule has 0 amide bonds. The summed E-state index contributed by atoms with van der Waals surface area (Å²) in [4.78, 5) is 11.0. The molecule has 1 fully saturated rings. The van der Waals surface area contributed by atoms with Crippen molar-refractivity contribution < 1.29 is 9.50 Å². The van der Waals surface area contributed by atoms with E-state index in [1.54, 1.807) is 10.9 Å². The first-order chi connectivity index (χ1) is 11.8. The van der Waals surface area contributed by atoms with Gasteiger partial charge in [0.1, 0.15) is 18.0 Å². The highest BCUT2D eigenvalue weighted by Crippen LogP contribution is 2.37. The monoisotopic (exact) mass is 327 g/mol. The molecule has 0 radical (unpaired) electrons. The van der Waals surface area contributed by atoms with Crippen LogP contribution in [0.3, 0.4) is 0 Å². The molecule has 0 saturated carbocycles. The lowest BCUT2D eigenvalue weighted by molar-refractivity contribution is 0.271. The Bertz CT molecular complexity index is 848. The van der Waals surface area contributed by atoms with Crippen LogP contribution in [0.25, 0.3) is 11.0 Å². The van der Waals surface area contributed by atoms with Gasteiger partial charge >= 0.3 is 0 Å². The van der Waals surface area contributed by atoms with Gasteiger partial charge in [-0.25, -0.2) is 19.0 Å². The van der Waals surface area contributed by atoms with E-state index < -0.39 is 0 Å². The number of aliphatic hydroxyl groups is 1. The van der Waals surface area contributed by atoms with Crippen LogP contribution in [0.2, 0.25) is 0 Å². The van der Waals surface area contributed by atoms with E-state index in [0.717, 1.165) is 41.8 Å². The third-order valence-corrected chi connectivity index (χ3v) is 4.50. The number of benzene rings is 1. The first-order valence-electron chi connectivity index (χ1n) is 8.07. The molecule has 7 heteroatoms. The molecule has 24 heavy (non-hydrogen) atoms. The number of fused-ring (bicyclic) bond motifs is 1. The van der Waals surface area contributed by atoms with Gasteiger partial charge in [0.15, 0.2) is 5.65 Å². The van der Waals surface area contributed by atoms with Gasteiger partial charge in [-0.15, -0.1) is 0 Å². The Hall–Kier alpha value is -2.54. The summed E-state index contributed by atoms with van der Waals surface area (Å²) in [5.74, 6) is 0.619. The third kappa shape index (κ3) is 2.50. The van der Waals surface area contributed by atoms with E-state index in [9.17, 15) is 4.39 Å². The molecule has 1 aliphatic rings. The van der Waals surface area contributed by atoms with Crippen LogP contribution < -0.4 is 4.90 Å². The number of hydrogen-bond acceptors (Lipinski definition) is 5. The van der Waals surface area contributed by atoms with Crippen molar-refractivity contribution in [2.45, 2.75) is 25.4 Å². The fourth-order valence-corrected chi connectivity index (χ4v) is 3.42. The number of anilines is 1. The maximum absolute atomic E-state index is 13.2. The second kappa shape index (κ2) is 6.16. The van der Waals surface area contributed by atoms with Gasteiger partial charge in [0.2, 0.25) is 0 Å². The molecule has 3 aromatic rings. The number of aromatic nitrogens is 4. The standard InChI is InChI=1S/C17H18FN5O/c18-13-5-3-12(4-6-13)15-2-1-7-22(15)16-14-10-21-23(8-9-24)17(14)20-11-19-16/h3-6,10-11,15,24H,1-2,7-9H2/t15-/m0/s1. The average molecular weight is 327 g/mol. The van der Waals surface area contributed by atoms with Crippen molar-refractivity contribution in [3.05, 3.63) is 48.2 Å². The van der Waals surface area contributed by atoms with Crippen LogP contribution in [-0.4, -0.2) is 38.0 Å². The highest BCUT2D eigenvalue weighted by Gasteiger charge is 2.29. The Balaban J connectivity index is 1.74. The Morgan fingerprint density at radius 2 is 2.04 bits per heavy atom. The molecule has 4 rings (SSSR count). The molecule has 1 aromatic carbocycles. The maximum Gasteiger partial charge on any atom is 0.163 e. The summed E-state index contributed by atoms with van der Waals surface area (Å²) in [6.45, 7) is 1.30. The van der Waals surface area contributed by atoms with E-state index in [-0.39, 0.29) is 18.5 Å². The Kier molecular flexibility index (Phi) is 3.86. The summed E-state index contributed by atoms with van der Waals surface area (Å²) in [6.07, 6.45) is 5.34. The summed E-state index contributed by atoms with van der Waals surface area (Å²) in [6, 6.07) is 6.85. The zero-order valence-electron chi connectivity index (χ0n) is 13.1. The molecule has 0 aliphatic carbocycles. The SMILES string of the molecule is OCCn1ncc2c(N3CCC[C@H]3c3ccc(F)cc3)ncnc21. The van der Waals surface area contributed by atoms with Crippen LogP contribution in [-0.2, 0) is 6.54 Å². The summed E-state index contributed by atoms with van der Waals surface area (Å²) in [7, 11) is 0. The predicted molar refractivity (Wildman–Crippen MR) is 88.1 cm³/mol. The third-order valence-electron chi connectivity index (χ3n) is 4.50. The molecule has 124 valence electrons. The van der Waals surface area contributed by atoms with Crippen LogP contribution in [0.4, 0.5) is 10.2 Å². The fourth-order valence-electron chi connectivity index (χ4n) is 3.42. The van der Waals surface area contributed by atoms with E-state index in [1.165, 1.54) is 18.5 Å². The summed E-state index contributed by atoms with van der Waals surface area (Å²) >= 11 is 0. The molecule has 0 spiro atoms. The predicted octanol–water partition coefficient (Wildman–Crippen LogP) is 2.30. The Morgan fingerprint density at radius 3 is 2.83 bits per heavy atom. The van der Waals surface area contributed by atoms with Crippen molar-refractivity contribution in [1.29, 1.82) is 0 Å². The molecule has 2 aromatic heterocycles. The second-order valence-electron chi connectivity index (χ2n) is 5.93. The van der Waals surface area contributed by atoms with Crippen LogP contribution in [0, 0.1) is 5.82 Å². The van der Waals surface area contributed by atoms with Gasteiger partial charge in [0, 0.05) is 6.54 Å². The van der Waals surface area contributed by atoms with Gasteiger partial charge in [-0.2, -0.15) is 5.10 Å². The van der Waals surface area contributed by atoms with E-state index >= 15 is 0 Å². The van der Waals surface area contributed by atoms with Crippen molar-refractivity contribution >= 4 is 16.9 Å². The van der Waals surface area contributed by atoms with Gasteiger partial charge < -0.3 is 10.0 Å². The number of rotatable bonds is 4. The van der Waals surface area contributed by atoms with E-state index in [1.807, 2.05) is 12.1 Å². The average Bonchev–Trinajstić information content (AvgIpc) is 3.23. The lowest BCUT2D eigenvalue weighted by atomic mass is 10.0. The van der Waals surface area contributed by atoms with Gasteiger partial charge in [0.05, 0.1) is 30.8 Å². The molecular formula is C17H18FN5O. The molecule has 0 bridgehead atoms. The quantitative estimate of drug-likeness (QED) is 0.796. The first-order valence-corrected chi connectivity index (χ1v) is 8.07. The zero-order valence-corrected chi connectivity index (χ0v) is 13.1. The van der Waals surface area contributed by atoms with Crippen LogP contribution in [0.1, 0.15) is 24.4 Å². The summed E-state index contributed by atoms with van der Waals surface area (Å²) in [5, 5.41) is 14.3. The van der Waals surface area contributed by atoms with Crippen molar-refractivity contribution in [2.75, 3.05) is 18.1 Å². The Labute approximate surface area is 138 Å². The number of nitrogens with zero attached hydrogens (tertiary/aromatic N) is 5. The number of hydrogen-bond donors (Lipinski definition) is 1. The molecule has 1 N–H and O–H groups in total. The van der Waals surface area contributed by atoms with Crippen molar-refractivity contribution in [2.24, 2.45) is 0 Å². The van der Waals surface area contributed by atoms with E-state index in [2.05, 4.69) is 20.0 Å². The minimum absolute atomic E-state index is 0.0119. The fraction of sp³-hybridized carbons (Fsp3) is 0.353. The largest absolute Gasteiger partial charge is 0.394 e. The molecule has 6 nitrogen and oxygen atoms in total. The van der Waals surface area contributed by atoms with Gasteiger partial charge in [-0.05, 0) is 30.5 Å². The van der Waals surface area contributed by atoms with Gasteiger partial charge in [0.25, 0.3) is 0 Å². The van der Waals surface area contributed by atoms with Crippen LogP contribution in [0.15, 0.2) is 36.8 Å². The highest BCUT2D eigenvalue weighted by molar-refractivity contribution is 5.87. The van der Waals surface area contributed by atoms with Gasteiger partial charge in [-0.3, -0.25) is 0 Å². The topological polar surface area (TPSA) is 67.1 Å². The van der Waals surface area contributed by atoms with Crippen LogP contribution >= 0.6 is 0 Å². The van der Waals surface area contributed by atoms with Crippen molar-refractivity contribution in [3.63, 3.8) is 0 Å². The normalized spacial score (nSPS) is 17.8. The molecular weight excluding hydrogens is 309 g/mol. The summed E-state index contributed by atoms with van der Waals surface area (Å²) < 4.78 is 14.9. The van der Waals surface area contributed by atoms with Gasteiger partial charge in [-0.1, -0.05) is 12.1 Å². The molecule has 1 atom stereocenters. The Morgan fingerprint density at radius 1 is 1.21 bits per heavy atom. The minimum atomic E-state index is -0.224. The van der Waals surface area contributed by atoms with Crippen LogP contribution in [0.5, 0.6) is 0 Å². The lowest BCUT2D eigenvalue weighted by Crippen LogP contribution is -2.24. The molecule has 1 saturated heterocycles. The number of aliphatic hydroxyl groups excluding tert-OH is 1. The summed E-state index contributed by atoms with van der Waals surface area (Å²) in [5.41, 5.74) is 1.81. The van der Waals surface area contributed by atoms with Crippen molar-refractivity contribution in [1.82, 2.24) is 19.7 Å². The second-order valence-corrected chi connectivity index (χ2v) is 5.93. The van der Waals surface area contributed by atoms with Crippen molar-refractivity contribution in [3.8, 4) is 0 Å². The first kappa shape index (κ1) is 15.0. The lowest BCUT2D eigenvalue weighted by Gasteiger charge is -2.26. The minimum Gasteiger partial charge on any atom is -0.394 e. The van der Waals surface area contributed by atoms with E-state index in [0.29, 0.717) is 6.54 Å². The molecule has 3 heterocycles. The number of halogens is 1. The smallest absolute Gasteiger partial charge is 0.163 e. The zero-order chi connectivity index (χ0) is 16.5. The van der Waals surface area contributed by atoms with E-state index in [4.69, 9.17) is 5.11 Å². The molecule has 1 aliphatic heterocycles. The highest BCUT2D eigenvalue weighted by atomic mass is 19.1.